The summed E-state index contributed by atoms with van der Waals surface area (Å²) in [6.45, 7) is 1.79. The molecule has 8 heteroatoms. The van der Waals surface area contributed by atoms with Crippen molar-refractivity contribution in [2.75, 3.05) is 0 Å². The Kier molecular flexibility index (Phi) is 6.18. The zero-order valence-corrected chi connectivity index (χ0v) is 12.7. The molecule has 0 aromatic heterocycles. The van der Waals surface area contributed by atoms with Crippen LogP contribution in [0.1, 0.15) is 18.9 Å². The van der Waals surface area contributed by atoms with Crippen LogP contribution in [0, 0.1) is 0 Å². The quantitative estimate of drug-likeness (QED) is 0.495. The lowest BCUT2D eigenvalue weighted by Gasteiger charge is -2.06. The molecule has 0 radical (unpaired) electrons. The zero-order chi connectivity index (χ0) is 13.8. The van der Waals surface area contributed by atoms with Crippen molar-refractivity contribution >= 4 is 47.8 Å². The zero-order valence-electron chi connectivity index (χ0n) is 9.51. The Morgan fingerprint density at radius 3 is 2.56 bits per heavy atom. The van der Waals surface area contributed by atoms with Crippen molar-refractivity contribution in [1.82, 2.24) is 0 Å². The molecule has 0 saturated heterocycles. The van der Waals surface area contributed by atoms with Crippen LogP contribution in [0.25, 0.3) is 0 Å². The molecule has 4 nitrogen and oxygen atoms in total. The summed E-state index contributed by atoms with van der Waals surface area (Å²) in [5.74, 6) is 0.531. The van der Waals surface area contributed by atoms with E-state index in [9.17, 15) is 4.57 Å². The standard InChI is InChI=1S/C10H12Cl2NO3PS/c1-2-10(13-17(14,15)16)18-6-7-3-4-8(11)9(12)5-7/h3-5H,2,6H2,1H3,(H2,14,15,16)/b13-10+. The molecule has 0 saturated carbocycles. The number of halogens is 2. The summed E-state index contributed by atoms with van der Waals surface area (Å²) in [6.07, 6.45) is 0.469. The first-order valence-corrected chi connectivity index (χ1v) is 8.34. The number of nitrogens with zero attached hydrogens (tertiary/aromatic N) is 1. The molecule has 0 atom stereocenters. The predicted octanol–water partition coefficient (Wildman–Crippen LogP) is 4.13. The molecule has 0 aliphatic carbocycles. The average Bonchev–Trinajstić information content (AvgIpc) is 2.27. The Hall–Kier alpha value is -0.0300. The van der Waals surface area contributed by atoms with Gasteiger partial charge in [-0.3, -0.25) is 0 Å². The first-order chi connectivity index (χ1) is 8.31. The fourth-order valence-corrected chi connectivity index (χ4v) is 3.16. The molecule has 1 aromatic carbocycles. The minimum absolute atomic E-state index is 0.411. The van der Waals surface area contributed by atoms with E-state index in [1.807, 2.05) is 6.07 Å². The van der Waals surface area contributed by atoms with Gasteiger partial charge in [-0.05, 0) is 24.1 Å². The Balaban J connectivity index is 2.71. The minimum atomic E-state index is -4.36. The highest BCUT2D eigenvalue weighted by Crippen LogP contribution is 2.38. The van der Waals surface area contributed by atoms with Crippen LogP contribution in [0.4, 0.5) is 0 Å². The highest BCUT2D eigenvalue weighted by molar-refractivity contribution is 8.13. The molecule has 18 heavy (non-hydrogen) atoms. The molecule has 0 bridgehead atoms. The third-order valence-corrected chi connectivity index (χ3v) is 4.50. The van der Waals surface area contributed by atoms with E-state index >= 15 is 0 Å². The van der Waals surface area contributed by atoms with Crippen molar-refractivity contribution < 1.29 is 14.4 Å². The summed E-state index contributed by atoms with van der Waals surface area (Å²) >= 11 is 12.9. The van der Waals surface area contributed by atoms with Crippen LogP contribution in [0.3, 0.4) is 0 Å². The van der Waals surface area contributed by atoms with Crippen LogP contribution < -0.4 is 0 Å². The van der Waals surface area contributed by atoms with Gasteiger partial charge >= 0.3 is 7.75 Å². The third kappa shape index (κ3) is 5.74. The van der Waals surface area contributed by atoms with Crippen LogP contribution >= 0.6 is 42.7 Å². The van der Waals surface area contributed by atoms with Gasteiger partial charge in [-0.2, -0.15) is 4.76 Å². The van der Waals surface area contributed by atoms with E-state index < -0.39 is 7.75 Å². The number of benzene rings is 1. The summed E-state index contributed by atoms with van der Waals surface area (Å²) in [5.41, 5.74) is 0.918. The van der Waals surface area contributed by atoms with Crippen molar-refractivity contribution in [3.63, 3.8) is 0 Å². The van der Waals surface area contributed by atoms with E-state index in [1.165, 1.54) is 11.8 Å². The second-order valence-electron chi connectivity index (χ2n) is 3.40. The predicted molar refractivity (Wildman–Crippen MR) is 77.5 cm³/mol. The normalized spacial score (nSPS) is 12.8. The first kappa shape index (κ1) is 16.0. The van der Waals surface area contributed by atoms with Gasteiger partial charge in [0.15, 0.2) is 0 Å². The molecule has 0 spiro atoms. The minimum Gasteiger partial charge on any atom is -0.307 e. The SMILES string of the molecule is CC/C(=N\P(=O)(O)O)SCc1ccc(Cl)c(Cl)c1. The maximum atomic E-state index is 10.8. The second kappa shape index (κ2) is 6.94. The van der Waals surface area contributed by atoms with E-state index in [0.717, 1.165) is 5.56 Å². The molecule has 2 N–H and O–H groups in total. The van der Waals surface area contributed by atoms with Gasteiger partial charge < -0.3 is 9.79 Å². The monoisotopic (exact) mass is 327 g/mol. The first-order valence-electron chi connectivity index (χ1n) is 5.03. The van der Waals surface area contributed by atoms with E-state index in [-0.39, 0.29) is 0 Å². The molecule has 0 fully saturated rings. The summed E-state index contributed by atoms with van der Waals surface area (Å²) in [6, 6.07) is 5.22. The maximum Gasteiger partial charge on any atom is 0.449 e. The lowest BCUT2D eigenvalue weighted by Crippen LogP contribution is -1.92. The Morgan fingerprint density at radius 2 is 2.06 bits per heavy atom. The van der Waals surface area contributed by atoms with Gasteiger partial charge in [-0.25, -0.2) is 4.57 Å². The summed E-state index contributed by atoms with van der Waals surface area (Å²) < 4.78 is 14.1. The fourth-order valence-electron chi connectivity index (χ4n) is 1.14. The number of hydrogen-bond donors (Lipinski definition) is 2. The third-order valence-electron chi connectivity index (χ3n) is 1.93. The van der Waals surface area contributed by atoms with Crippen molar-refractivity contribution in [3.05, 3.63) is 33.8 Å². The summed E-state index contributed by atoms with van der Waals surface area (Å²) in [4.78, 5) is 17.5. The molecule has 100 valence electrons. The van der Waals surface area contributed by atoms with Gasteiger partial charge in [0.2, 0.25) is 0 Å². The fraction of sp³-hybridized carbons (Fsp3) is 0.300. The van der Waals surface area contributed by atoms with Gasteiger partial charge in [-0.15, -0.1) is 11.8 Å². The van der Waals surface area contributed by atoms with Crippen molar-refractivity contribution in [3.8, 4) is 0 Å². The molecule has 1 rings (SSSR count). The largest absolute Gasteiger partial charge is 0.449 e. The lowest BCUT2D eigenvalue weighted by molar-refractivity contribution is 0.375. The maximum absolute atomic E-state index is 10.8. The van der Waals surface area contributed by atoms with Gasteiger partial charge in [-0.1, -0.05) is 36.2 Å². The Bertz CT molecular complexity index is 504. The highest BCUT2D eigenvalue weighted by atomic mass is 35.5. The Labute approximate surface area is 120 Å². The number of hydrogen-bond acceptors (Lipinski definition) is 2. The van der Waals surface area contributed by atoms with Gasteiger partial charge in [0, 0.05) is 5.75 Å². The summed E-state index contributed by atoms with van der Waals surface area (Å²) in [5, 5.41) is 1.35. The van der Waals surface area contributed by atoms with Crippen LogP contribution in [-0.4, -0.2) is 14.8 Å². The molecular weight excluding hydrogens is 316 g/mol. The molecule has 0 amide bonds. The highest BCUT2D eigenvalue weighted by Gasteiger charge is 2.12. The van der Waals surface area contributed by atoms with E-state index in [0.29, 0.717) is 27.3 Å². The molecule has 0 heterocycles. The van der Waals surface area contributed by atoms with E-state index in [4.69, 9.17) is 33.0 Å². The smallest absolute Gasteiger partial charge is 0.307 e. The van der Waals surface area contributed by atoms with Crippen molar-refractivity contribution in [2.24, 2.45) is 4.76 Å². The summed E-state index contributed by atoms with van der Waals surface area (Å²) in [7, 11) is -4.36. The average molecular weight is 328 g/mol. The van der Waals surface area contributed by atoms with Crippen molar-refractivity contribution in [2.45, 2.75) is 19.1 Å². The van der Waals surface area contributed by atoms with Gasteiger partial charge in [0.25, 0.3) is 0 Å². The van der Waals surface area contributed by atoms with E-state index in [2.05, 4.69) is 4.76 Å². The lowest BCUT2D eigenvalue weighted by atomic mass is 10.2. The van der Waals surface area contributed by atoms with Gasteiger partial charge in [0.1, 0.15) is 0 Å². The second-order valence-corrected chi connectivity index (χ2v) is 6.49. The Morgan fingerprint density at radius 1 is 1.39 bits per heavy atom. The molecule has 0 aliphatic rings. The molecular formula is C10H12Cl2NO3PS. The number of thioether (sulfide) groups is 1. The molecule has 0 unspecified atom stereocenters. The molecule has 1 aromatic rings. The van der Waals surface area contributed by atoms with Crippen molar-refractivity contribution in [1.29, 1.82) is 0 Å². The van der Waals surface area contributed by atoms with Gasteiger partial charge in [0.05, 0.1) is 15.1 Å². The van der Waals surface area contributed by atoms with Crippen LogP contribution in [-0.2, 0) is 10.3 Å². The van der Waals surface area contributed by atoms with Crippen LogP contribution in [0.5, 0.6) is 0 Å². The number of rotatable bonds is 4. The topological polar surface area (TPSA) is 69.9 Å². The van der Waals surface area contributed by atoms with Crippen LogP contribution in [0.2, 0.25) is 10.0 Å². The van der Waals surface area contributed by atoms with E-state index in [1.54, 1.807) is 19.1 Å². The molecule has 0 aliphatic heterocycles. The van der Waals surface area contributed by atoms with Crippen LogP contribution in [0.15, 0.2) is 23.0 Å².